The lowest BCUT2D eigenvalue weighted by Crippen LogP contribution is -2.39. The van der Waals surface area contributed by atoms with E-state index < -0.39 is 0 Å². The van der Waals surface area contributed by atoms with Crippen molar-refractivity contribution >= 4 is 0 Å². The van der Waals surface area contributed by atoms with E-state index in [4.69, 9.17) is 4.74 Å². The largest absolute Gasteiger partial charge is 0.384 e. The van der Waals surface area contributed by atoms with Gasteiger partial charge in [0.05, 0.1) is 0 Å². The first-order valence-electron chi connectivity index (χ1n) is 7.53. The van der Waals surface area contributed by atoms with Crippen molar-refractivity contribution in [2.24, 2.45) is 29.1 Å². The van der Waals surface area contributed by atoms with Gasteiger partial charge in [0, 0.05) is 13.7 Å². The molecule has 4 atom stereocenters. The zero-order valence-electron chi connectivity index (χ0n) is 13.3. The molecule has 0 radical (unpaired) electrons. The molecule has 1 aliphatic rings. The van der Waals surface area contributed by atoms with Gasteiger partial charge in [0.25, 0.3) is 0 Å². The third-order valence-corrected chi connectivity index (χ3v) is 4.90. The predicted octanol–water partition coefficient (Wildman–Crippen LogP) is 3.57. The molecule has 1 fully saturated rings. The molecule has 1 N–H and O–H groups in total. The molecule has 1 saturated carbocycles. The van der Waals surface area contributed by atoms with Crippen molar-refractivity contribution in [3.05, 3.63) is 0 Å². The summed E-state index contributed by atoms with van der Waals surface area (Å²) < 4.78 is 5.38. The van der Waals surface area contributed by atoms with Crippen LogP contribution in [0.3, 0.4) is 0 Å². The second-order valence-electron chi connectivity index (χ2n) is 7.29. The quantitative estimate of drug-likeness (QED) is 0.811. The highest BCUT2D eigenvalue weighted by atomic mass is 16.5. The molecular formula is C16H33NO. The number of nitrogens with one attached hydrogen (secondary N) is 1. The number of hydrogen-bond donors (Lipinski definition) is 1. The molecule has 0 heterocycles. The van der Waals surface area contributed by atoms with Gasteiger partial charge in [0.2, 0.25) is 0 Å². The first kappa shape index (κ1) is 16.0. The van der Waals surface area contributed by atoms with Crippen LogP contribution in [0.2, 0.25) is 0 Å². The van der Waals surface area contributed by atoms with Crippen LogP contribution in [-0.2, 0) is 4.74 Å². The summed E-state index contributed by atoms with van der Waals surface area (Å²) in [6.45, 7) is 11.6. The maximum absolute atomic E-state index is 5.38. The Kier molecular flexibility index (Phi) is 6.13. The molecular weight excluding hydrogens is 222 g/mol. The summed E-state index contributed by atoms with van der Waals surface area (Å²) >= 11 is 0. The minimum atomic E-state index is 0.454. The maximum Gasteiger partial charge on any atom is 0.0490 e. The Balaban J connectivity index is 2.69. The lowest BCUT2D eigenvalue weighted by molar-refractivity contribution is 0.0370. The predicted molar refractivity (Wildman–Crippen MR) is 78.7 cm³/mol. The van der Waals surface area contributed by atoms with E-state index in [0.717, 1.165) is 30.9 Å². The second-order valence-corrected chi connectivity index (χ2v) is 7.29. The van der Waals surface area contributed by atoms with E-state index in [0.29, 0.717) is 11.3 Å². The van der Waals surface area contributed by atoms with Crippen LogP contribution >= 0.6 is 0 Å². The topological polar surface area (TPSA) is 21.3 Å². The highest BCUT2D eigenvalue weighted by Crippen LogP contribution is 2.45. The van der Waals surface area contributed by atoms with Crippen LogP contribution in [0.1, 0.15) is 47.0 Å². The van der Waals surface area contributed by atoms with Crippen molar-refractivity contribution in [3.8, 4) is 0 Å². The molecule has 0 aromatic carbocycles. The average Bonchev–Trinajstić information content (AvgIpc) is 2.28. The zero-order chi connectivity index (χ0) is 13.8. The Morgan fingerprint density at radius 1 is 1.28 bits per heavy atom. The molecule has 4 unspecified atom stereocenters. The molecule has 0 aromatic rings. The van der Waals surface area contributed by atoms with E-state index in [2.05, 4.69) is 40.1 Å². The van der Waals surface area contributed by atoms with Crippen molar-refractivity contribution in [2.75, 3.05) is 27.3 Å². The van der Waals surface area contributed by atoms with Gasteiger partial charge in [0.1, 0.15) is 0 Å². The molecule has 0 aromatic heterocycles. The third-order valence-electron chi connectivity index (χ3n) is 4.90. The fourth-order valence-corrected chi connectivity index (χ4v) is 3.65. The molecule has 0 bridgehead atoms. The summed E-state index contributed by atoms with van der Waals surface area (Å²) in [7, 11) is 3.90. The number of rotatable bonds is 5. The molecule has 1 rings (SSSR count). The van der Waals surface area contributed by atoms with E-state index in [1.165, 1.54) is 19.3 Å². The fourth-order valence-electron chi connectivity index (χ4n) is 3.65. The van der Waals surface area contributed by atoms with Gasteiger partial charge in [-0.05, 0) is 61.9 Å². The normalized spacial score (nSPS) is 31.3. The third kappa shape index (κ3) is 4.24. The smallest absolute Gasteiger partial charge is 0.0490 e. The van der Waals surface area contributed by atoms with Crippen LogP contribution in [-0.4, -0.2) is 27.3 Å². The van der Waals surface area contributed by atoms with Gasteiger partial charge in [-0.2, -0.15) is 0 Å². The molecule has 0 amide bonds. The average molecular weight is 255 g/mol. The minimum Gasteiger partial charge on any atom is -0.384 e. The van der Waals surface area contributed by atoms with E-state index in [1.807, 2.05) is 7.11 Å². The molecule has 0 saturated heterocycles. The van der Waals surface area contributed by atoms with Gasteiger partial charge in [-0.15, -0.1) is 0 Å². The van der Waals surface area contributed by atoms with Crippen LogP contribution in [0.15, 0.2) is 0 Å². The lowest BCUT2D eigenvalue weighted by atomic mass is 9.63. The standard InChI is InChI=1S/C16H33NO/c1-12(11-18-6)15-9-14(16(2,3)4)8-7-13(15)10-17-5/h12-15,17H,7-11H2,1-6H3. The Hall–Kier alpha value is -0.0800. The van der Waals surface area contributed by atoms with Crippen LogP contribution < -0.4 is 5.32 Å². The highest BCUT2D eigenvalue weighted by molar-refractivity contribution is 4.88. The number of hydrogen-bond acceptors (Lipinski definition) is 2. The fraction of sp³-hybridized carbons (Fsp3) is 1.00. The van der Waals surface area contributed by atoms with Crippen LogP contribution in [0, 0.1) is 29.1 Å². The van der Waals surface area contributed by atoms with Gasteiger partial charge in [-0.1, -0.05) is 27.7 Å². The Labute approximate surface area is 114 Å². The number of methoxy groups -OCH3 is 1. The molecule has 1 aliphatic carbocycles. The zero-order valence-corrected chi connectivity index (χ0v) is 13.3. The maximum atomic E-state index is 5.38. The van der Waals surface area contributed by atoms with Crippen LogP contribution in [0.5, 0.6) is 0 Å². The van der Waals surface area contributed by atoms with Gasteiger partial charge in [-0.25, -0.2) is 0 Å². The summed E-state index contributed by atoms with van der Waals surface area (Å²) in [4.78, 5) is 0. The Morgan fingerprint density at radius 2 is 1.94 bits per heavy atom. The number of ether oxygens (including phenoxy) is 1. The van der Waals surface area contributed by atoms with E-state index in [-0.39, 0.29) is 0 Å². The molecule has 2 nitrogen and oxygen atoms in total. The summed E-state index contributed by atoms with van der Waals surface area (Å²) in [5.41, 5.74) is 0.454. The molecule has 108 valence electrons. The van der Waals surface area contributed by atoms with Gasteiger partial charge in [0.15, 0.2) is 0 Å². The first-order valence-corrected chi connectivity index (χ1v) is 7.53. The van der Waals surface area contributed by atoms with Gasteiger partial charge < -0.3 is 10.1 Å². The SMILES string of the molecule is CNCC1CCC(C(C)(C)C)CC1C(C)COC. The first-order chi connectivity index (χ1) is 8.40. The lowest BCUT2D eigenvalue weighted by Gasteiger charge is -2.44. The minimum absolute atomic E-state index is 0.454. The van der Waals surface area contributed by atoms with E-state index in [1.54, 1.807) is 0 Å². The van der Waals surface area contributed by atoms with Crippen molar-refractivity contribution in [3.63, 3.8) is 0 Å². The summed E-state index contributed by atoms with van der Waals surface area (Å²) in [6, 6.07) is 0. The van der Waals surface area contributed by atoms with Crippen LogP contribution in [0.4, 0.5) is 0 Å². The molecule has 18 heavy (non-hydrogen) atoms. The molecule has 0 aliphatic heterocycles. The van der Waals surface area contributed by atoms with Gasteiger partial charge >= 0.3 is 0 Å². The van der Waals surface area contributed by atoms with Crippen LogP contribution in [0.25, 0.3) is 0 Å². The molecule has 2 heteroatoms. The second kappa shape index (κ2) is 6.91. The van der Waals surface area contributed by atoms with Crippen molar-refractivity contribution in [2.45, 2.75) is 47.0 Å². The van der Waals surface area contributed by atoms with Gasteiger partial charge in [-0.3, -0.25) is 0 Å². The Morgan fingerprint density at radius 3 is 2.44 bits per heavy atom. The monoisotopic (exact) mass is 255 g/mol. The van der Waals surface area contributed by atoms with Crippen molar-refractivity contribution in [1.29, 1.82) is 0 Å². The van der Waals surface area contributed by atoms with E-state index in [9.17, 15) is 0 Å². The van der Waals surface area contributed by atoms with Crippen molar-refractivity contribution < 1.29 is 4.74 Å². The molecule has 0 spiro atoms. The van der Waals surface area contributed by atoms with Crippen molar-refractivity contribution in [1.82, 2.24) is 5.32 Å². The summed E-state index contributed by atoms with van der Waals surface area (Å²) in [5, 5.41) is 3.38. The highest BCUT2D eigenvalue weighted by Gasteiger charge is 2.37. The summed E-state index contributed by atoms with van der Waals surface area (Å²) in [5.74, 6) is 3.20. The Bertz CT molecular complexity index is 234. The van der Waals surface area contributed by atoms with E-state index >= 15 is 0 Å². The summed E-state index contributed by atoms with van der Waals surface area (Å²) in [6.07, 6.45) is 4.15.